The minimum atomic E-state index is -0.466. The molecule has 3 aromatic carbocycles. The number of aryl methyl sites for hydroxylation is 1. The van der Waals surface area contributed by atoms with Crippen LogP contribution >= 0.6 is 22.6 Å². The predicted molar refractivity (Wildman–Crippen MR) is 172 cm³/mol. The molecule has 9 nitrogen and oxygen atoms in total. The van der Waals surface area contributed by atoms with Gasteiger partial charge in [0.15, 0.2) is 23.9 Å². The molecule has 0 spiro atoms. The molecule has 220 valence electrons. The van der Waals surface area contributed by atoms with Gasteiger partial charge < -0.3 is 18.9 Å². The number of esters is 1. The van der Waals surface area contributed by atoms with E-state index in [2.05, 4.69) is 41.5 Å². The molecule has 0 saturated heterocycles. The van der Waals surface area contributed by atoms with Crippen LogP contribution in [0.15, 0.2) is 58.4 Å². The first-order valence-electron chi connectivity index (χ1n) is 13.7. The van der Waals surface area contributed by atoms with Gasteiger partial charge in [-0.3, -0.25) is 4.79 Å². The smallest absolute Gasteiger partial charge is 0.344 e. The zero-order valence-corrected chi connectivity index (χ0v) is 26.7. The van der Waals surface area contributed by atoms with Crippen molar-refractivity contribution in [2.24, 2.45) is 5.10 Å². The van der Waals surface area contributed by atoms with Crippen molar-refractivity contribution in [3.05, 3.63) is 79.1 Å². The lowest BCUT2D eigenvalue weighted by molar-refractivity contribution is -0.145. The third kappa shape index (κ3) is 6.75. The lowest BCUT2D eigenvalue weighted by Crippen LogP contribution is -2.21. The number of halogens is 1. The van der Waals surface area contributed by atoms with Gasteiger partial charge in [0.05, 0.1) is 41.0 Å². The summed E-state index contributed by atoms with van der Waals surface area (Å²) in [7, 11) is 1.65. The van der Waals surface area contributed by atoms with E-state index in [-0.39, 0.29) is 24.7 Å². The molecular weight excluding hydrogens is 649 g/mol. The van der Waals surface area contributed by atoms with Crippen LogP contribution in [0.5, 0.6) is 17.2 Å². The van der Waals surface area contributed by atoms with Gasteiger partial charge in [-0.15, -0.1) is 0 Å². The molecule has 0 aliphatic rings. The van der Waals surface area contributed by atoms with Crippen molar-refractivity contribution in [3.8, 4) is 28.6 Å². The highest BCUT2D eigenvalue weighted by Gasteiger charge is 2.19. The zero-order chi connectivity index (χ0) is 30.4. The maximum Gasteiger partial charge on any atom is 0.344 e. The van der Waals surface area contributed by atoms with Crippen molar-refractivity contribution in [1.82, 2.24) is 9.66 Å². The summed E-state index contributed by atoms with van der Waals surface area (Å²) in [6.45, 7) is 10.2. The number of carbonyl (C=O) groups excluding carboxylic acids is 1. The number of hydrogen-bond acceptors (Lipinski definition) is 8. The monoisotopic (exact) mass is 683 g/mol. The first-order valence-corrected chi connectivity index (χ1v) is 14.8. The van der Waals surface area contributed by atoms with E-state index in [1.165, 1.54) is 4.68 Å². The Morgan fingerprint density at radius 1 is 1.07 bits per heavy atom. The number of nitrogens with zero attached hydrogens (tertiary/aromatic N) is 3. The summed E-state index contributed by atoms with van der Waals surface area (Å²) < 4.78 is 24.2. The molecule has 0 fully saturated rings. The highest BCUT2D eigenvalue weighted by atomic mass is 127. The zero-order valence-electron chi connectivity index (χ0n) is 24.6. The van der Waals surface area contributed by atoms with Crippen LogP contribution in [0.25, 0.3) is 22.3 Å². The summed E-state index contributed by atoms with van der Waals surface area (Å²) in [5.41, 5.74) is 3.66. The summed E-state index contributed by atoms with van der Waals surface area (Å²) in [5.74, 6) is 1.81. The molecule has 0 unspecified atom stereocenters. The lowest BCUT2D eigenvalue weighted by atomic mass is 9.96. The first kappa shape index (κ1) is 31.0. The predicted octanol–water partition coefficient (Wildman–Crippen LogP) is 6.33. The van der Waals surface area contributed by atoms with Crippen LogP contribution in [0.2, 0.25) is 0 Å². The number of carbonyl (C=O) groups is 1. The molecule has 42 heavy (non-hydrogen) atoms. The standard InChI is InChI=1S/C32H34IN3O6/c1-7-40-28-15-21(14-25(33)30(28)42-18-29(37)41-8-2)17-34-36-31(35-26-12-10-9-11-22(26)32(36)38)24-16-23(19(3)4)27(39-6)13-20(24)5/h9-17,19H,7-8,18H2,1-6H3. The molecule has 0 radical (unpaired) electrons. The molecule has 4 rings (SSSR count). The van der Waals surface area contributed by atoms with Gasteiger partial charge in [-0.05, 0) is 102 Å². The summed E-state index contributed by atoms with van der Waals surface area (Å²) in [5, 5.41) is 5.10. The Balaban J connectivity index is 1.85. The Hall–Kier alpha value is -3.93. The molecule has 0 saturated carbocycles. The van der Waals surface area contributed by atoms with Crippen LogP contribution in [-0.2, 0) is 9.53 Å². The van der Waals surface area contributed by atoms with Crippen LogP contribution < -0.4 is 19.8 Å². The molecule has 1 heterocycles. The van der Waals surface area contributed by atoms with Gasteiger partial charge in [0.2, 0.25) is 0 Å². The number of hydrogen-bond donors (Lipinski definition) is 0. The Bertz CT molecular complexity index is 1700. The molecule has 1 aromatic heterocycles. The van der Waals surface area contributed by atoms with E-state index in [9.17, 15) is 9.59 Å². The summed E-state index contributed by atoms with van der Waals surface area (Å²) in [6, 6.07) is 14.8. The van der Waals surface area contributed by atoms with Gasteiger partial charge >= 0.3 is 5.97 Å². The normalized spacial score (nSPS) is 11.3. The average molecular weight is 684 g/mol. The van der Waals surface area contributed by atoms with Crippen molar-refractivity contribution in [3.63, 3.8) is 0 Å². The Morgan fingerprint density at radius 3 is 2.52 bits per heavy atom. The van der Waals surface area contributed by atoms with Crippen molar-refractivity contribution >= 4 is 45.7 Å². The second-order valence-corrected chi connectivity index (χ2v) is 10.9. The van der Waals surface area contributed by atoms with E-state index in [0.29, 0.717) is 44.0 Å². The number of rotatable bonds is 11. The number of fused-ring (bicyclic) bond motifs is 1. The fourth-order valence-corrected chi connectivity index (χ4v) is 5.28. The van der Waals surface area contributed by atoms with Crippen molar-refractivity contribution in [2.45, 2.75) is 40.5 Å². The Kier molecular flexibility index (Phi) is 10.2. The van der Waals surface area contributed by atoms with Crippen LogP contribution in [0, 0.1) is 10.5 Å². The average Bonchev–Trinajstić information content (AvgIpc) is 2.96. The molecule has 10 heteroatoms. The van der Waals surface area contributed by atoms with E-state index in [4.69, 9.17) is 23.9 Å². The second kappa shape index (κ2) is 13.8. The number of methoxy groups -OCH3 is 1. The van der Waals surface area contributed by atoms with Gasteiger partial charge in [-0.25, -0.2) is 9.78 Å². The van der Waals surface area contributed by atoms with Crippen LogP contribution in [0.1, 0.15) is 50.3 Å². The Labute approximate surface area is 258 Å². The van der Waals surface area contributed by atoms with Crippen LogP contribution in [-0.4, -0.2) is 48.8 Å². The summed E-state index contributed by atoms with van der Waals surface area (Å²) >= 11 is 2.12. The largest absolute Gasteiger partial charge is 0.496 e. The number of aromatic nitrogens is 2. The number of benzene rings is 3. The van der Waals surface area contributed by atoms with Crippen LogP contribution in [0.4, 0.5) is 0 Å². The SMILES string of the molecule is CCOC(=O)COc1c(I)cc(C=Nn2c(-c3cc(C(C)C)c(OC)cc3C)nc3ccccc3c2=O)cc1OCC. The topological polar surface area (TPSA) is 101 Å². The molecule has 0 amide bonds. The van der Waals surface area contributed by atoms with E-state index in [1.54, 1.807) is 38.4 Å². The molecule has 0 atom stereocenters. The minimum absolute atomic E-state index is 0.187. The quantitative estimate of drug-likeness (QED) is 0.104. The molecule has 0 aliphatic heterocycles. The van der Waals surface area contributed by atoms with Gasteiger partial charge in [0.25, 0.3) is 5.56 Å². The van der Waals surface area contributed by atoms with Crippen molar-refractivity contribution in [2.75, 3.05) is 26.9 Å². The van der Waals surface area contributed by atoms with Crippen LogP contribution in [0.3, 0.4) is 0 Å². The molecule has 0 bridgehead atoms. The first-order chi connectivity index (χ1) is 20.2. The maximum atomic E-state index is 13.8. The van der Waals surface area contributed by atoms with Gasteiger partial charge in [0.1, 0.15) is 5.75 Å². The highest BCUT2D eigenvalue weighted by molar-refractivity contribution is 14.1. The van der Waals surface area contributed by atoms with Crippen molar-refractivity contribution in [1.29, 1.82) is 0 Å². The van der Waals surface area contributed by atoms with E-state index >= 15 is 0 Å². The van der Waals surface area contributed by atoms with Crippen molar-refractivity contribution < 1.29 is 23.7 Å². The highest BCUT2D eigenvalue weighted by Crippen LogP contribution is 2.35. The van der Waals surface area contributed by atoms with Gasteiger partial charge in [-0.1, -0.05) is 26.0 Å². The fraction of sp³-hybridized carbons (Fsp3) is 0.312. The van der Waals surface area contributed by atoms with E-state index in [0.717, 1.165) is 22.4 Å². The third-order valence-electron chi connectivity index (χ3n) is 6.49. The minimum Gasteiger partial charge on any atom is -0.496 e. The fourth-order valence-electron chi connectivity index (χ4n) is 4.50. The molecule has 4 aromatic rings. The molecular formula is C32H34IN3O6. The summed E-state index contributed by atoms with van der Waals surface area (Å²) in [4.78, 5) is 30.5. The van der Waals surface area contributed by atoms with E-state index in [1.807, 2.05) is 44.2 Å². The number of para-hydroxylation sites is 1. The van der Waals surface area contributed by atoms with Gasteiger partial charge in [0, 0.05) is 5.56 Å². The second-order valence-electron chi connectivity index (χ2n) is 9.73. The Morgan fingerprint density at radius 2 is 1.83 bits per heavy atom. The van der Waals surface area contributed by atoms with E-state index < -0.39 is 5.97 Å². The lowest BCUT2D eigenvalue weighted by Gasteiger charge is -2.17. The third-order valence-corrected chi connectivity index (χ3v) is 7.29. The van der Waals surface area contributed by atoms with Gasteiger partial charge in [-0.2, -0.15) is 9.78 Å². The molecule has 0 aliphatic carbocycles. The number of ether oxygens (including phenoxy) is 4. The summed E-state index contributed by atoms with van der Waals surface area (Å²) in [6.07, 6.45) is 1.59. The molecule has 0 N–H and O–H groups in total. The maximum absolute atomic E-state index is 13.8.